The van der Waals surface area contributed by atoms with E-state index < -0.39 is 0 Å². The van der Waals surface area contributed by atoms with Crippen molar-refractivity contribution in [1.82, 2.24) is 0 Å². The van der Waals surface area contributed by atoms with Crippen LogP contribution in [0.25, 0.3) is 0 Å². The van der Waals surface area contributed by atoms with E-state index in [-0.39, 0.29) is 0 Å². The fourth-order valence-corrected chi connectivity index (χ4v) is 0.788. The zero-order chi connectivity index (χ0) is 7.40. The molecule has 1 aromatic carbocycles. The van der Waals surface area contributed by atoms with Crippen molar-refractivity contribution in [2.45, 2.75) is 0 Å². The number of terminal acetylenes is 1. The van der Waals surface area contributed by atoms with Gasteiger partial charge >= 0.3 is 0 Å². The van der Waals surface area contributed by atoms with E-state index in [0.717, 1.165) is 0 Å². The molecule has 0 saturated heterocycles. The molecule has 0 spiro atoms. The summed E-state index contributed by atoms with van der Waals surface area (Å²) in [4.78, 5) is 0. The van der Waals surface area contributed by atoms with Crippen molar-refractivity contribution in [3.8, 4) is 18.1 Å². The molecule has 0 amide bonds. The van der Waals surface area contributed by atoms with Gasteiger partial charge in [0.15, 0.2) is 5.75 Å². The number of rotatable bonds is 1. The third kappa shape index (κ3) is 1.23. The summed E-state index contributed by atoms with van der Waals surface area (Å²) in [6, 6.07) is 7.10. The predicted octanol–water partition coefficient (Wildman–Crippen LogP) is 2.20. The van der Waals surface area contributed by atoms with Crippen LogP contribution in [0.1, 0.15) is 5.56 Å². The van der Waals surface area contributed by atoms with Crippen LogP contribution in [0.3, 0.4) is 0 Å². The van der Waals surface area contributed by atoms with E-state index in [2.05, 4.69) is 10.2 Å². The first-order chi connectivity index (χ1) is 4.88. The standard InChI is InChI=1S/C8H5ClO/c1-2-7-5-3-4-6-8(7)10-9/h1,3-6H. The number of para-hydroxylation sites is 1. The lowest BCUT2D eigenvalue weighted by atomic mass is 10.2. The predicted molar refractivity (Wildman–Crippen MR) is 40.9 cm³/mol. The molecule has 0 radical (unpaired) electrons. The first kappa shape index (κ1) is 6.98. The Morgan fingerprint density at radius 2 is 2.10 bits per heavy atom. The molecule has 1 rings (SSSR count). The fraction of sp³-hybridized carbons (Fsp3) is 0. The van der Waals surface area contributed by atoms with E-state index in [1.54, 1.807) is 18.2 Å². The Morgan fingerprint density at radius 3 is 2.60 bits per heavy atom. The van der Waals surface area contributed by atoms with Gasteiger partial charge in [-0.15, -0.1) is 6.42 Å². The van der Waals surface area contributed by atoms with Crippen LogP contribution in [0.15, 0.2) is 24.3 Å². The third-order valence-electron chi connectivity index (χ3n) is 1.13. The molecule has 0 N–H and O–H groups in total. The van der Waals surface area contributed by atoms with Gasteiger partial charge in [-0.05, 0) is 12.1 Å². The average Bonchev–Trinajstić information content (AvgIpc) is 2.04. The Balaban J connectivity index is 3.12. The zero-order valence-electron chi connectivity index (χ0n) is 5.17. The Morgan fingerprint density at radius 1 is 1.40 bits per heavy atom. The molecule has 0 aliphatic carbocycles. The fourth-order valence-electron chi connectivity index (χ4n) is 0.653. The third-order valence-corrected chi connectivity index (χ3v) is 1.29. The van der Waals surface area contributed by atoms with E-state index in [1.165, 1.54) is 0 Å². The summed E-state index contributed by atoms with van der Waals surface area (Å²) < 4.78 is 4.47. The molecule has 0 saturated carbocycles. The molecule has 0 aliphatic rings. The minimum Gasteiger partial charge on any atom is -0.384 e. The number of benzene rings is 1. The molecule has 0 heterocycles. The van der Waals surface area contributed by atoms with Gasteiger partial charge in [-0.3, -0.25) is 0 Å². The summed E-state index contributed by atoms with van der Waals surface area (Å²) in [5, 5.41) is 0. The van der Waals surface area contributed by atoms with E-state index >= 15 is 0 Å². The Kier molecular flexibility index (Phi) is 2.20. The van der Waals surface area contributed by atoms with Crippen LogP contribution >= 0.6 is 11.9 Å². The lowest BCUT2D eigenvalue weighted by Crippen LogP contribution is -1.79. The molecule has 0 aliphatic heterocycles. The van der Waals surface area contributed by atoms with Crippen molar-refractivity contribution in [3.63, 3.8) is 0 Å². The maximum Gasteiger partial charge on any atom is 0.161 e. The quantitative estimate of drug-likeness (QED) is 0.561. The van der Waals surface area contributed by atoms with Gasteiger partial charge in [0.25, 0.3) is 0 Å². The van der Waals surface area contributed by atoms with E-state index in [4.69, 9.17) is 18.3 Å². The summed E-state index contributed by atoms with van der Waals surface area (Å²) in [7, 11) is 0. The summed E-state index contributed by atoms with van der Waals surface area (Å²) in [5.41, 5.74) is 0.664. The minimum absolute atomic E-state index is 0.520. The van der Waals surface area contributed by atoms with Crippen molar-refractivity contribution in [3.05, 3.63) is 29.8 Å². The number of halogens is 1. The lowest BCUT2D eigenvalue weighted by Gasteiger charge is -1.96. The largest absolute Gasteiger partial charge is 0.384 e. The highest BCUT2D eigenvalue weighted by Gasteiger charge is 1.96. The van der Waals surface area contributed by atoms with E-state index in [0.29, 0.717) is 11.3 Å². The molecule has 0 fully saturated rings. The molecule has 2 heteroatoms. The van der Waals surface area contributed by atoms with Crippen LogP contribution in [-0.2, 0) is 0 Å². The first-order valence-corrected chi connectivity index (χ1v) is 3.03. The van der Waals surface area contributed by atoms with Crippen LogP contribution in [0.4, 0.5) is 0 Å². The second-order valence-electron chi connectivity index (χ2n) is 1.72. The van der Waals surface area contributed by atoms with Crippen molar-refractivity contribution >= 4 is 11.9 Å². The highest BCUT2D eigenvalue weighted by molar-refractivity contribution is 6.09. The molecule has 1 aromatic rings. The lowest BCUT2D eigenvalue weighted by molar-refractivity contribution is 0.617. The Bertz CT molecular complexity index is 262. The van der Waals surface area contributed by atoms with Crippen molar-refractivity contribution < 1.29 is 4.29 Å². The van der Waals surface area contributed by atoms with Crippen molar-refractivity contribution in [2.24, 2.45) is 0 Å². The van der Waals surface area contributed by atoms with E-state index in [1.807, 2.05) is 6.07 Å². The molecule has 1 nitrogen and oxygen atoms in total. The van der Waals surface area contributed by atoms with Crippen LogP contribution in [0.5, 0.6) is 5.75 Å². The second kappa shape index (κ2) is 3.14. The Labute approximate surface area is 64.7 Å². The average molecular weight is 153 g/mol. The molecule has 0 unspecified atom stereocenters. The van der Waals surface area contributed by atoms with E-state index in [9.17, 15) is 0 Å². The molecular weight excluding hydrogens is 148 g/mol. The zero-order valence-corrected chi connectivity index (χ0v) is 5.93. The van der Waals surface area contributed by atoms with Gasteiger partial charge in [-0.2, -0.15) is 0 Å². The van der Waals surface area contributed by atoms with Gasteiger partial charge in [-0.25, -0.2) is 0 Å². The Hall–Kier alpha value is -1.13. The highest BCUT2D eigenvalue weighted by atomic mass is 35.5. The SMILES string of the molecule is C#Cc1ccccc1OCl. The summed E-state index contributed by atoms with van der Waals surface area (Å²) in [6.07, 6.45) is 5.14. The maximum absolute atomic E-state index is 5.14. The normalized spacial score (nSPS) is 8.40. The summed E-state index contributed by atoms with van der Waals surface area (Å²) >= 11 is 5.12. The second-order valence-corrected chi connectivity index (χ2v) is 1.87. The van der Waals surface area contributed by atoms with Gasteiger partial charge in [0.2, 0.25) is 0 Å². The monoisotopic (exact) mass is 152 g/mol. The molecule has 50 valence electrons. The minimum atomic E-state index is 0.520. The summed E-state index contributed by atoms with van der Waals surface area (Å²) in [5.74, 6) is 2.96. The highest BCUT2D eigenvalue weighted by Crippen LogP contribution is 2.16. The topological polar surface area (TPSA) is 9.23 Å². The van der Waals surface area contributed by atoms with Crippen LogP contribution in [0, 0.1) is 12.3 Å². The first-order valence-electron chi connectivity index (χ1n) is 2.72. The van der Waals surface area contributed by atoms with Crippen molar-refractivity contribution in [2.75, 3.05) is 0 Å². The van der Waals surface area contributed by atoms with Crippen molar-refractivity contribution in [1.29, 1.82) is 0 Å². The smallest absolute Gasteiger partial charge is 0.161 e. The maximum atomic E-state index is 5.14. The molecule has 0 aromatic heterocycles. The molecular formula is C8H5ClO. The molecule has 0 atom stereocenters. The van der Waals surface area contributed by atoms with Gasteiger partial charge in [-0.1, -0.05) is 18.1 Å². The summed E-state index contributed by atoms with van der Waals surface area (Å²) in [6.45, 7) is 0. The van der Waals surface area contributed by atoms with Gasteiger partial charge in [0.05, 0.1) is 5.56 Å². The molecule has 0 bridgehead atoms. The molecule has 10 heavy (non-hydrogen) atoms. The van der Waals surface area contributed by atoms with Crippen LogP contribution < -0.4 is 4.29 Å². The van der Waals surface area contributed by atoms with Crippen LogP contribution in [-0.4, -0.2) is 0 Å². The van der Waals surface area contributed by atoms with Gasteiger partial charge < -0.3 is 4.29 Å². The number of hydrogen-bond donors (Lipinski definition) is 0. The van der Waals surface area contributed by atoms with Gasteiger partial charge in [0, 0.05) is 0 Å². The van der Waals surface area contributed by atoms with Gasteiger partial charge in [0.1, 0.15) is 11.9 Å². The van der Waals surface area contributed by atoms with Crippen LogP contribution in [0.2, 0.25) is 0 Å². The number of hydrogen-bond acceptors (Lipinski definition) is 1.